The number of carbonyl (C=O) groups is 1. The fourth-order valence-electron chi connectivity index (χ4n) is 3.06. The monoisotopic (exact) mass is 408 g/mol. The lowest BCUT2D eigenvalue weighted by Crippen LogP contribution is -2.31. The molecule has 0 aliphatic rings. The second kappa shape index (κ2) is 8.49. The first kappa shape index (κ1) is 20.6. The Morgan fingerprint density at radius 3 is 2.07 bits per heavy atom. The Morgan fingerprint density at radius 1 is 0.828 bits per heavy atom. The van der Waals surface area contributed by atoms with E-state index in [-0.39, 0.29) is 10.8 Å². The van der Waals surface area contributed by atoms with Gasteiger partial charge in [-0.1, -0.05) is 60.2 Å². The van der Waals surface area contributed by atoms with Gasteiger partial charge in [-0.15, -0.1) is 0 Å². The molecule has 3 aromatic rings. The number of carbonyl (C=O) groups excluding carboxylic acids is 1. The van der Waals surface area contributed by atoms with Crippen LogP contribution in [0.5, 0.6) is 0 Å². The summed E-state index contributed by atoms with van der Waals surface area (Å²) >= 11 is 0. The van der Waals surface area contributed by atoms with E-state index in [1.165, 1.54) is 11.4 Å². The van der Waals surface area contributed by atoms with Crippen LogP contribution in [0.15, 0.2) is 83.8 Å². The minimum absolute atomic E-state index is 0.186. The first-order chi connectivity index (χ1) is 13.8. The van der Waals surface area contributed by atoms with E-state index in [2.05, 4.69) is 0 Å². The van der Waals surface area contributed by atoms with Gasteiger partial charge in [-0.25, -0.2) is 8.42 Å². The normalized spacial score (nSPS) is 11.1. The summed E-state index contributed by atoms with van der Waals surface area (Å²) in [6.07, 6.45) is 0. The van der Waals surface area contributed by atoms with Gasteiger partial charge in [0, 0.05) is 20.6 Å². The topological polar surface area (TPSA) is 57.7 Å². The third kappa shape index (κ3) is 4.49. The molecule has 0 saturated heterocycles. The zero-order chi connectivity index (χ0) is 21.0. The Morgan fingerprint density at radius 2 is 1.41 bits per heavy atom. The maximum Gasteiger partial charge on any atom is 0.264 e. The number of benzene rings is 3. The largest absolute Gasteiger partial charge is 0.337 e. The van der Waals surface area contributed by atoms with Crippen molar-refractivity contribution in [2.75, 3.05) is 18.4 Å². The lowest BCUT2D eigenvalue weighted by Gasteiger charge is -2.24. The summed E-state index contributed by atoms with van der Waals surface area (Å²) in [6, 6.07) is 23.1. The van der Waals surface area contributed by atoms with Gasteiger partial charge in [0.05, 0.1) is 16.1 Å². The maximum absolute atomic E-state index is 13.1. The van der Waals surface area contributed by atoms with Crippen molar-refractivity contribution in [1.29, 1.82) is 0 Å². The molecule has 0 radical (unpaired) electrons. The lowest BCUT2D eigenvalue weighted by atomic mass is 10.1. The Hall–Kier alpha value is -3.12. The van der Waals surface area contributed by atoms with Crippen molar-refractivity contribution < 1.29 is 13.2 Å². The third-order valence-electron chi connectivity index (χ3n) is 4.76. The van der Waals surface area contributed by atoms with Crippen LogP contribution in [-0.2, 0) is 16.6 Å². The molecule has 5 nitrogen and oxygen atoms in total. The van der Waals surface area contributed by atoms with E-state index in [4.69, 9.17) is 0 Å². The average molecular weight is 409 g/mol. The Bertz CT molecular complexity index is 1090. The molecule has 1 amide bonds. The van der Waals surface area contributed by atoms with Gasteiger partial charge in [-0.2, -0.15) is 0 Å². The number of anilines is 1. The van der Waals surface area contributed by atoms with E-state index in [0.29, 0.717) is 17.8 Å². The van der Waals surface area contributed by atoms with Gasteiger partial charge in [0.15, 0.2) is 0 Å². The zero-order valence-corrected chi connectivity index (χ0v) is 17.6. The Labute approximate surface area is 172 Å². The predicted octanol–water partition coefficient (Wildman–Crippen LogP) is 4.09. The molecule has 0 aliphatic heterocycles. The van der Waals surface area contributed by atoms with Crippen molar-refractivity contribution >= 4 is 21.6 Å². The van der Waals surface area contributed by atoms with Gasteiger partial charge in [0.2, 0.25) is 0 Å². The second-order valence-electron chi connectivity index (χ2n) is 6.95. The lowest BCUT2D eigenvalue weighted by molar-refractivity contribution is 0.0786. The molecule has 0 spiro atoms. The number of nitrogens with zero attached hydrogens (tertiary/aromatic N) is 2. The molecule has 0 atom stereocenters. The number of aryl methyl sites for hydroxylation is 1. The highest BCUT2D eigenvalue weighted by atomic mass is 32.2. The van der Waals surface area contributed by atoms with Gasteiger partial charge in [0.1, 0.15) is 0 Å². The minimum Gasteiger partial charge on any atom is -0.337 e. The van der Waals surface area contributed by atoms with Crippen LogP contribution in [-0.4, -0.2) is 33.3 Å². The van der Waals surface area contributed by atoms with Crippen molar-refractivity contribution in [2.24, 2.45) is 0 Å². The van der Waals surface area contributed by atoms with Gasteiger partial charge in [-0.3, -0.25) is 9.10 Å². The summed E-state index contributed by atoms with van der Waals surface area (Å²) in [7, 11) is -0.607. The van der Waals surface area contributed by atoms with Crippen molar-refractivity contribution in [2.45, 2.75) is 18.4 Å². The molecule has 0 saturated carbocycles. The molecule has 150 valence electrons. The van der Waals surface area contributed by atoms with Crippen LogP contribution in [0.1, 0.15) is 21.5 Å². The van der Waals surface area contributed by atoms with Crippen molar-refractivity contribution in [3.63, 3.8) is 0 Å². The average Bonchev–Trinajstić information content (AvgIpc) is 2.73. The number of hydrogen-bond acceptors (Lipinski definition) is 3. The first-order valence-corrected chi connectivity index (χ1v) is 10.7. The molecule has 0 fully saturated rings. The molecule has 0 N–H and O–H groups in total. The summed E-state index contributed by atoms with van der Waals surface area (Å²) in [5.74, 6) is -0.240. The van der Waals surface area contributed by atoms with Crippen LogP contribution in [0.3, 0.4) is 0 Å². The van der Waals surface area contributed by atoms with Gasteiger partial charge >= 0.3 is 0 Å². The van der Waals surface area contributed by atoms with E-state index in [0.717, 1.165) is 11.1 Å². The number of sulfonamides is 1. The molecule has 0 heterocycles. The molecule has 3 aromatic carbocycles. The fraction of sp³-hybridized carbons (Fsp3) is 0.174. The van der Waals surface area contributed by atoms with E-state index < -0.39 is 10.0 Å². The highest BCUT2D eigenvalue weighted by Crippen LogP contribution is 2.27. The molecule has 0 aromatic heterocycles. The zero-order valence-electron chi connectivity index (χ0n) is 16.7. The molecule has 0 bridgehead atoms. The number of hydrogen-bond donors (Lipinski definition) is 0. The SMILES string of the molecule is Cc1ccc(S(=O)(=O)N(C)c2ccccc2C(=O)N(C)Cc2ccccc2)cc1. The van der Waals surface area contributed by atoms with E-state index in [1.807, 2.05) is 37.3 Å². The van der Waals surface area contributed by atoms with Crippen LogP contribution in [0.2, 0.25) is 0 Å². The fourth-order valence-corrected chi connectivity index (χ4v) is 4.28. The van der Waals surface area contributed by atoms with Crippen molar-refractivity contribution in [3.05, 3.63) is 95.6 Å². The van der Waals surface area contributed by atoms with Crippen LogP contribution in [0.25, 0.3) is 0 Å². The summed E-state index contributed by atoms with van der Waals surface area (Å²) in [4.78, 5) is 14.9. The van der Waals surface area contributed by atoms with Crippen LogP contribution in [0.4, 0.5) is 5.69 Å². The molecule has 0 unspecified atom stereocenters. The highest BCUT2D eigenvalue weighted by molar-refractivity contribution is 7.92. The second-order valence-corrected chi connectivity index (χ2v) is 8.92. The number of rotatable bonds is 6. The summed E-state index contributed by atoms with van der Waals surface area (Å²) < 4.78 is 27.3. The molecular weight excluding hydrogens is 384 g/mol. The smallest absolute Gasteiger partial charge is 0.264 e. The number of amides is 1. The standard InChI is InChI=1S/C23H24N2O3S/c1-18-13-15-20(16-14-18)29(27,28)25(3)22-12-8-7-11-21(22)23(26)24(2)17-19-9-5-4-6-10-19/h4-16H,17H2,1-3H3. The molecule has 0 aliphatic carbocycles. The summed E-state index contributed by atoms with van der Waals surface area (Å²) in [6.45, 7) is 2.33. The van der Waals surface area contributed by atoms with E-state index in [1.54, 1.807) is 60.5 Å². The maximum atomic E-state index is 13.1. The van der Waals surface area contributed by atoms with Crippen LogP contribution >= 0.6 is 0 Å². The van der Waals surface area contributed by atoms with Gasteiger partial charge < -0.3 is 4.90 Å². The number of para-hydroxylation sites is 1. The minimum atomic E-state index is -3.79. The predicted molar refractivity (Wildman–Crippen MR) is 115 cm³/mol. The van der Waals surface area contributed by atoms with E-state index >= 15 is 0 Å². The summed E-state index contributed by atoms with van der Waals surface area (Å²) in [5.41, 5.74) is 2.66. The Kier molecular flexibility index (Phi) is 6.03. The molecule has 29 heavy (non-hydrogen) atoms. The van der Waals surface area contributed by atoms with Crippen molar-refractivity contribution in [1.82, 2.24) is 4.90 Å². The highest BCUT2D eigenvalue weighted by Gasteiger charge is 2.26. The molecule has 6 heteroatoms. The van der Waals surface area contributed by atoms with E-state index in [9.17, 15) is 13.2 Å². The first-order valence-electron chi connectivity index (χ1n) is 9.24. The van der Waals surface area contributed by atoms with Gasteiger partial charge in [-0.05, 0) is 36.8 Å². The van der Waals surface area contributed by atoms with Crippen molar-refractivity contribution in [3.8, 4) is 0 Å². The van der Waals surface area contributed by atoms with Crippen LogP contribution in [0, 0.1) is 6.92 Å². The Balaban J connectivity index is 1.91. The summed E-state index contributed by atoms with van der Waals surface area (Å²) in [5, 5.41) is 0. The quantitative estimate of drug-likeness (QED) is 0.617. The molecule has 3 rings (SSSR count). The third-order valence-corrected chi connectivity index (χ3v) is 6.55. The van der Waals surface area contributed by atoms with Crippen LogP contribution < -0.4 is 4.31 Å². The van der Waals surface area contributed by atoms with Gasteiger partial charge in [0.25, 0.3) is 15.9 Å². The molecular formula is C23H24N2O3S.